The molecule has 4 rings (SSSR count). The summed E-state index contributed by atoms with van der Waals surface area (Å²) in [6.45, 7) is 2.83. The predicted octanol–water partition coefficient (Wildman–Crippen LogP) is 4.56. The number of anilines is 1. The molecular formula is C28H29N3O4. The van der Waals surface area contributed by atoms with Crippen molar-refractivity contribution in [1.82, 2.24) is 9.88 Å². The minimum absolute atomic E-state index is 0.0730. The first kappa shape index (κ1) is 24.0. The third-order valence-electron chi connectivity index (χ3n) is 5.97. The molecule has 1 aliphatic heterocycles. The lowest BCUT2D eigenvalue weighted by molar-refractivity contribution is -0.140. The van der Waals surface area contributed by atoms with E-state index in [-0.39, 0.29) is 17.9 Å². The van der Waals surface area contributed by atoms with E-state index in [9.17, 15) is 14.7 Å². The first-order valence-electron chi connectivity index (χ1n) is 11.6. The normalized spacial score (nSPS) is 17.0. The van der Waals surface area contributed by atoms with Gasteiger partial charge in [0.25, 0.3) is 11.7 Å². The number of aliphatic hydroxyl groups excluding tert-OH is 1. The van der Waals surface area contributed by atoms with Gasteiger partial charge in [0.05, 0.1) is 18.2 Å². The van der Waals surface area contributed by atoms with Crippen molar-refractivity contribution in [2.45, 2.75) is 25.9 Å². The zero-order chi connectivity index (χ0) is 24.9. The first-order chi connectivity index (χ1) is 16.9. The van der Waals surface area contributed by atoms with Crippen LogP contribution in [0.3, 0.4) is 0 Å². The van der Waals surface area contributed by atoms with Crippen molar-refractivity contribution in [1.29, 1.82) is 0 Å². The molecule has 35 heavy (non-hydrogen) atoms. The molecule has 1 aliphatic rings. The maximum atomic E-state index is 13.2. The van der Waals surface area contributed by atoms with Gasteiger partial charge in [0.15, 0.2) is 0 Å². The zero-order valence-electron chi connectivity index (χ0n) is 20.1. The second-order valence-electron chi connectivity index (χ2n) is 8.64. The third kappa shape index (κ3) is 5.04. The molecule has 1 amide bonds. The highest BCUT2D eigenvalue weighted by atomic mass is 16.5. The number of hydrogen-bond donors (Lipinski definition) is 1. The van der Waals surface area contributed by atoms with E-state index in [1.807, 2.05) is 50.2 Å². The van der Waals surface area contributed by atoms with Crippen LogP contribution in [0.2, 0.25) is 0 Å². The number of aliphatic hydroxyl groups is 1. The summed E-state index contributed by atoms with van der Waals surface area (Å²) in [5, 5.41) is 11.3. The summed E-state index contributed by atoms with van der Waals surface area (Å²) in [7, 11) is 3.89. The number of pyridine rings is 1. The van der Waals surface area contributed by atoms with Gasteiger partial charge in [-0.1, -0.05) is 19.1 Å². The summed E-state index contributed by atoms with van der Waals surface area (Å²) in [5.41, 5.74) is 3.10. The van der Waals surface area contributed by atoms with Crippen molar-refractivity contribution in [3.05, 3.63) is 95.3 Å². The smallest absolute Gasteiger partial charge is 0.295 e. The molecule has 7 heteroatoms. The molecule has 0 spiro atoms. The van der Waals surface area contributed by atoms with Crippen LogP contribution in [-0.4, -0.2) is 47.4 Å². The lowest BCUT2D eigenvalue weighted by atomic mass is 9.95. The number of carbonyl (C=O) groups excluding carboxylic acids is 2. The van der Waals surface area contributed by atoms with Crippen LogP contribution in [0.25, 0.3) is 5.76 Å². The largest absolute Gasteiger partial charge is 0.507 e. The van der Waals surface area contributed by atoms with Gasteiger partial charge in [-0.15, -0.1) is 0 Å². The topological polar surface area (TPSA) is 83.0 Å². The van der Waals surface area contributed by atoms with E-state index >= 15 is 0 Å². The van der Waals surface area contributed by atoms with Crippen molar-refractivity contribution in [3.8, 4) is 5.75 Å². The van der Waals surface area contributed by atoms with Crippen LogP contribution >= 0.6 is 0 Å². The molecule has 7 nitrogen and oxygen atoms in total. The molecule has 1 N–H and O–H groups in total. The van der Waals surface area contributed by atoms with Crippen LogP contribution in [0.1, 0.15) is 36.1 Å². The van der Waals surface area contributed by atoms with Crippen LogP contribution in [0.15, 0.2) is 78.6 Å². The highest BCUT2D eigenvalue weighted by Crippen LogP contribution is 2.40. The van der Waals surface area contributed by atoms with Gasteiger partial charge in [-0.3, -0.25) is 14.6 Å². The fraction of sp³-hybridized carbons (Fsp3) is 0.250. The lowest BCUT2D eigenvalue weighted by Gasteiger charge is -2.26. The summed E-state index contributed by atoms with van der Waals surface area (Å²) in [6.07, 6.45) is 4.18. The Morgan fingerprint density at radius 1 is 1.00 bits per heavy atom. The second kappa shape index (κ2) is 10.4. The van der Waals surface area contributed by atoms with Crippen molar-refractivity contribution < 1.29 is 19.4 Å². The van der Waals surface area contributed by atoms with Crippen molar-refractivity contribution in [2.24, 2.45) is 0 Å². The predicted molar refractivity (Wildman–Crippen MR) is 135 cm³/mol. The molecule has 1 atom stereocenters. The van der Waals surface area contributed by atoms with Gasteiger partial charge in [-0.2, -0.15) is 0 Å². The van der Waals surface area contributed by atoms with E-state index in [0.29, 0.717) is 17.9 Å². The molecule has 1 unspecified atom stereocenters. The number of ether oxygens (including phenoxy) is 1. The number of rotatable bonds is 8. The number of benzene rings is 2. The van der Waals surface area contributed by atoms with Gasteiger partial charge in [0, 0.05) is 44.3 Å². The van der Waals surface area contributed by atoms with Crippen molar-refractivity contribution in [3.63, 3.8) is 0 Å². The van der Waals surface area contributed by atoms with E-state index in [1.54, 1.807) is 48.8 Å². The number of aromatic nitrogens is 1. The number of amides is 1. The number of ketones is 1. The summed E-state index contributed by atoms with van der Waals surface area (Å²) in [5.74, 6) is -0.876. The molecule has 3 aromatic rings. The van der Waals surface area contributed by atoms with Gasteiger partial charge in [0.1, 0.15) is 11.5 Å². The monoisotopic (exact) mass is 471 g/mol. The van der Waals surface area contributed by atoms with E-state index < -0.39 is 17.7 Å². The maximum Gasteiger partial charge on any atom is 0.295 e. The molecule has 180 valence electrons. The Balaban J connectivity index is 1.78. The Hall–Kier alpha value is -4.13. The average molecular weight is 472 g/mol. The molecule has 1 fully saturated rings. The van der Waals surface area contributed by atoms with Crippen LogP contribution in [0.5, 0.6) is 5.75 Å². The Labute approximate surface area is 205 Å². The van der Waals surface area contributed by atoms with Crippen LogP contribution in [0.4, 0.5) is 5.69 Å². The maximum absolute atomic E-state index is 13.2. The second-order valence-corrected chi connectivity index (χ2v) is 8.64. The van der Waals surface area contributed by atoms with E-state index in [1.165, 1.54) is 4.90 Å². The number of likely N-dealkylation sites (tertiary alicyclic amines) is 1. The quantitative estimate of drug-likeness (QED) is 0.295. The number of Topliss-reactive ketones (excluding diaryl/α,β-unsaturated/α-hetero) is 1. The Morgan fingerprint density at radius 3 is 2.26 bits per heavy atom. The average Bonchev–Trinajstić information content (AvgIpc) is 3.13. The van der Waals surface area contributed by atoms with Crippen LogP contribution in [0, 0.1) is 0 Å². The molecule has 2 aromatic carbocycles. The van der Waals surface area contributed by atoms with Gasteiger partial charge in [-0.25, -0.2) is 0 Å². The highest BCUT2D eigenvalue weighted by molar-refractivity contribution is 6.46. The summed E-state index contributed by atoms with van der Waals surface area (Å²) in [4.78, 5) is 33.9. The molecule has 1 aromatic heterocycles. The van der Waals surface area contributed by atoms with E-state index in [4.69, 9.17) is 4.74 Å². The fourth-order valence-corrected chi connectivity index (χ4v) is 4.11. The third-order valence-corrected chi connectivity index (χ3v) is 5.97. The molecule has 0 radical (unpaired) electrons. The fourth-order valence-electron chi connectivity index (χ4n) is 4.11. The molecule has 1 saturated heterocycles. The van der Waals surface area contributed by atoms with E-state index in [2.05, 4.69) is 4.98 Å². The van der Waals surface area contributed by atoms with Crippen LogP contribution in [-0.2, 0) is 16.1 Å². The lowest BCUT2D eigenvalue weighted by Crippen LogP contribution is -2.29. The minimum atomic E-state index is -0.726. The standard InChI is InChI=1S/C28H29N3O4/c1-4-17-35-23-11-7-21(8-12-23)26(32)24-25(20-5-9-22(10-6-20)30(2)3)31(28(34)27(24)33)18-19-13-15-29-16-14-19/h5-16,25,32H,4,17-18H2,1-3H3/b26-24-. The molecule has 0 saturated carbocycles. The minimum Gasteiger partial charge on any atom is -0.507 e. The van der Waals surface area contributed by atoms with Crippen LogP contribution < -0.4 is 9.64 Å². The number of hydrogen-bond acceptors (Lipinski definition) is 6. The molecule has 0 bridgehead atoms. The summed E-state index contributed by atoms with van der Waals surface area (Å²) < 4.78 is 5.62. The Bertz CT molecular complexity index is 1220. The molecule has 0 aliphatic carbocycles. The Morgan fingerprint density at radius 2 is 1.66 bits per heavy atom. The highest BCUT2D eigenvalue weighted by Gasteiger charge is 2.46. The summed E-state index contributed by atoms with van der Waals surface area (Å²) >= 11 is 0. The Kier molecular flexibility index (Phi) is 7.15. The number of nitrogens with zero attached hydrogens (tertiary/aromatic N) is 3. The van der Waals surface area contributed by atoms with Gasteiger partial charge in [0.2, 0.25) is 0 Å². The molecular weight excluding hydrogens is 442 g/mol. The van der Waals surface area contributed by atoms with Crippen molar-refractivity contribution >= 4 is 23.1 Å². The van der Waals surface area contributed by atoms with E-state index in [0.717, 1.165) is 23.2 Å². The van der Waals surface area contributed by atoms with Gasteiger partial charge >= 0.3 is 0 Å². The number of carbonyl (C=O) groups is 2. The van der Waals surface area contributed by atoms with Gasteiger partial charge in [-0.05, 0) is 66.1 Å². The SMILES string of the molecule is CCCOc1ccc(/C(O)=C2/C(=O)C(=O)N(Cc3ccncc3)C2c2ccc(N(C)C)cc2)cc1. The summed E-state index contributed by atoms with van der Waals surface area (Å²) in [6, 6.07) is 17.4. The van der Waals surface area contributed by atoms with Crippen molar-refractivity contribution in [2.75, 3.05) is 25.6 Å². The van der Waals surface area contributed by atoms with Gasteiger partial charge < -0.3 is 19.6 Å². The first-order valence-corrected chi connectivity index (χ1v) is 11.6. The molecule has 2 heterocycles. The zero-order valence-corrected chi connectivity index (χ0v) is 20.1.